The van der Waals surface area contributed by atoms with Gasteiger partial charge in [0.15, 0.2) is 0 Å². The van der Waals surface area contributed by atoms with E-state index in [0.29, 0.717) is 19.6 Å². The lowest BCUT2D eigenvalue weighted by molar-refractivity contribution is -0.126. The molecule has 34 heavy (non-hydrogen) atoms. The van der Waals surface area contributed by atoms with Crippen LogP contribution in [-0.4, -0.2) is 61.6 Å². The predicted molar refractivity (Wildman–Crippen MR) is 136 cm³/mol. The summed E-state index contributed by atoms with van der Waals surface area (Å²) in [5.41, 5.74) is 2.98. The summed E-state index contributed by atoms with van der Waals surface area (Å²) in [4.78, 5) is 30.0. The van der Waals surface area contributed by atoms with E-state index in [1.807, 2.05) is 49.4 Å². The van der Waals surface area contributed by atoms with Crippen molar-refractivity contribution >= 4 is 17.6 Å². The molecule has 2 unspecified atom stereocenters. The molecule has 1 fully saturated rings. The number of piperidine rings is 1. The number of likely N-dealkylation sites (tertiary alicyclic amines) is 1. The van der Waals surface area contributed by atoms with Gasteiger partial charge in [-0.25, -0.2) is 4.79 Å². The number of nitrogens with zero attached hydrogens (tertiary/aromatic N) is 2. The van der Waals surface area contributed by atoms with Gasteiger partial charge in [0.25, 0.3) is 0 Å². The number of carbonyl (C=O) groups excluding carboxylic acids is 2. The molecule has 1 aliphatic rings. The fourth-order valence-electron chi connectivity index (χ4n) is 4.61. The Morgan fingerprint density at radius 1 is 1.15 bits per heavy atom. The number of nitrogens with one attached hydrogen (secondary N) is 2. The molecule has 0 spiro atoms. The summed E-state index contributed by atoms with van der Waals surface area (Å²) in [6.45, 7) is 9.61. The minimum atomic E-state index is -0.209. The lowest BCUT2D eigenvalue weighted by Crippen LogP contribution is -2.48. The summed E-state index contributed by atoms with van der Waals surface area (Å²) >= 11 is 0. The number of amides is 3. The van der Waals surface area contributed by atoms with Gasteiger partial charge in [-0.15, -0.1) is 0 Å². The van der Waals surface area contributed by atoms with Gasteiger partial charge >= 0.3 is 6.03 Å². The Kier molecular flexibility index (Phi) is 9.33. The van der Waals surface area contributed by atoms with Gasteiger partial charge in [0, 0.05) is 25.3 Å². The molecule has 3 amide bonds. The molecule has 0 aromatic heterocycles. The van der Waals surface area contributed by atoms with Crippen LogP contribution < -0.4 is 15.4 Å². The molecule has 7 nitrogen and oxygen atoms in total. The summed E-state index contributed by atoms with van der Waals surface area (Å²) in [7, 11) is 1.66. The molecule has 1 aliphatic heterocycles. The minimum absolute atomic E-state index is 0.00751. The van der Waals surface area contributed by atoms with Crippen LogP contribution in [-0.2, 0) is 4.79 Å². The molecule has 7 heteroatoms. The maximum Gasteiger partial charge on any atom is 0.321 e. The van der Waals surface area contributed by atoms with Crippen molar-refractivity contribution in [1.29, 1.82) is 0 Å². The fraction of sp³-hybridized carbons (Fsp3) is 0.481. The van der Waals surface area contributed by atoms with Gasteiger partial charge in [-0.05, 0) is 68.2 Å². The molecular weight excluding hydrogens is 428 g/mol. The number of methoxy groups -OCH3 is 1. The minimum Gasteiger partial charge on any atom is -0.497 e. The first-order valence-electron chi connectivity index (χ1n) is 12.2. The molecule has 0 radical (unpaired) electrons. The quantitative estimate of drug-likeness (QED) is 0.573. The van der Waals surface area contributed by atoms with Gasteiger partial charge < -0.3 is 20.3 Å². The second-order valence-electron chi connectivity index (χ2n) is 8.84. The normalized spacial score (nSPS) is 16.7. The number of aryl methyl sites for hydroxylation is 1. The van der Waals surface area contributed by atoms with Crippen LogP contribution in [0.2, 0.25) is 0 Å². The number of urea groups is 1. The molecule has 2 N–H and O–H groups in total. The molecule has 1 heterocycles. The number of carbonyl (C=O) groups is 2. The fourth-order valence-corrected chi connectivity index (χ4v) is 4.61. The van der Waals surface area contributed by atoms with Crippen LogP contribution in [0, 0.1) is 12.8 Å². The van der Waals surface area contributed by atoms with E-state index in [9.17, 15) is 9.59 Å². The highest BCUT2D eigenvalue weighted by atomic mass is 16.5. The number of ether oxygens (including phenoxy) is 1. The van der Waals surface area contributed by atoms with Crippen LogP contribution >= 0.6 is 0 Å². The van der Waals surface area contributed by atoms with Gasteiger partial charge in [0.2, 0.25) is 5.91 Å². The third kappa shape index (κ3) is 6.73. The van der Waals surface area contributed by atoms with Crippen molar-refractivity contribution in [3.8, 4) is 5.75 Å². The van der Waals surface area contributed by atoms with Crippen LogP contribution in [0.5, 0.6) is 5.75 Å². The van der Waals surface area contributed by atoms with Crippen LogP contribution in [0.25, 0.3) is 0 Å². The lowest BCUT2D eigenvalue weighted by Gasteiger charge is -2.34. The Balaban J connectivity index is 1.61. The van der Waals surface area contributed by atoms with Crippen LogP contribution in [0.4, 0.5) is 10.5 Å². The highest BCUT2D eigenvalue weighted by molar-refractivity contribution is 5.90. The highest BCUT2D eigenvalue weighted by Gasteiger charge is 2.29. The van der Waals surface area contributed by atoms with E-state index in [1.165, 1.54) is 0 Å². The van der Waals surface area contributed by atoms with Crippen LogP contribution in [0.15, 0.2) is 48.5 Å². The molecule has 2 aromatic carbocycles. The Bertz CT molecular complexity index is 960. The van der Waals surface area contributed by atoms with Crippen molar-refractivity contribution in [2.75, 3.05) is 45.2 Å². The van der Waals surface area contributed by atoms with Crippen LogP contribution in [0.1, 0.15) is 43.9 Å². The van der Waals surface area contributed by atoms with Crippen molar-refractivity contribution in [3.05, 3.63) is 59.7 Å². The summed E-state index contributed by atoms with van der Waals surface area (Å²) in [6.07, 6.45) is 1.60. The number of anilines is 1. The van der Waals surface area contributed by atoms with Gasteiger partial charge in [0.1, 0.15) is 5.75 Å². The van der Waals surface area contributed by atoms with E-state index in [4.69, 9.17) is 4.74 Å². The predicted octanol–water partition coefficient (Wildman–Crippen LogP) is 4.45. The molecular formula is C27H38N4O3. The third-order valence-corrected chi connectivity index (χ3v) is 6.55. The van der Waals surface area contributed by atoms with Gasteiger partial charge in [-0.3, -0.25) is 9.69 Å². The zero-order chi connectivity index (χ0) is 24.5. The molecule has 0 aliphatic carbocycles. The van der Waals surface area contributed by atoms with E-state index in [0.717, 1.165) is 48.5 Å². The smallest absolute Gasteiger partial charge is 0.321 e. The summed E-state index contributed by atoms with van der Waals surface area (Å²) < 4.78 is 5.41. The number of likely N-dealkylation sites (N-methyl/N-ethyl adjacent to an activating group) is 1. The molecule has 2 aromatic rings. The first-order chi connectivity index (χ1) is 16.4. The Labute approximate surface area is 203 Å². The van der Waals surface area contributed by atoms with E-state index >= 15 is 0 Å². The van der Waals surface area contributed by atoms with Crippen LogP contribution in [0.3, 0.4) is 0 Å². The lowest BCUT2D eigenvalue weighted by atomic mass is 9.97. The molecule has 1 saturated heterocycles. The first kappa shape index (κ1) is 25.6. The van der Waals surface area contributed by atoms with E-state index in [-0.39, 0.29) is 23.9 Å². The molecule has 0 bridgehead atoms. The zero-order valence-electron chi connectivity index (χ0n) is 20.8. The third-order valence-electron chi connectivity index (χ3n) is 6.55. The number of hydrogen-bond donors (Lipinski definition) is 2. The standard InChI is InChI=1S/C27H38N4O3/c1-5-30(6-2)25(21-11-8-14-24(17-21)34-4)18-28-26(32)22-12-9-15-31(19-22)27(33)29-23-13-7-10-20(3)16-23/h7-8,10-11,13-14,16-17,22,25H,5-6,9,12,15,18-19H2,1-4H3,(H,28,32)(H,29,33). The van der Waals surface area contributed by atoms with Gasteiger partial charge in [-0.2, -0.15) is 0 Å². The van der Waals surface area contributed by atoms with Crippen molar-refractivity contribution in [1.82, 2.24) is 15.1 Å². The molecule has 3 rings (SSSR count). The SMILES string of the molecule is CCN(CC)C(CNC(=O)C1CCCN(C(=O)Nc2cccc(C)c2)C1)c1cccc(OC)c1. The van der Waals surface area contributed by atoms with Crippen molar-refractivity contribution < 1.29 is 14.3 Å². The van der Waals surface area contributed by atoms with E-state index in [1.54, 1.807) is 12.0 Å². The van der Waals surface area contributed by atoms with Gasteiger partial charge in [0.05, 0.1) is 19.1 Å². The van der Waals surface area contributed by atoms with Crippen molar-refractivity contribution in [2.24, 2.45) is 5.92 Å². The van der Waals surface area contributed by atoms with Gasteiger partial charge in [-0.1, -0.05) is 38.1 Å². The largest absolute Gasteiger partial charge is 0.497 e. The van der Waals surface area contributed by atoms with E-state index in [2.05, 4.69) is 35.4 Å². The number of benzene rings is 2. The second kappa shape index (κ2) is 12.4. The number of rotatable bonds is 9. The van der Waals surface area contributed by atoms with E-state index < -0.39 is 0 Å². The summed E-state index contributed by atoms with van der Waals surface area (Å²) in [5, 5.41) is 6.14. The molecule has 184 valence electrons. The summed E-state index contributed by atoms with van der Waals surface area (Å²) in [5.74, 6) is 0.608. The second-order valence-corrected chi connectivity index (χ2v) is 8.84. The highest BCUT2D eigenvalue weighted by Crippen LogP contribution is 2.25. The topological polar surface area (TPSA) is 73.9 Å². The maximum atomic E-state index is 13.1. The Hall–Kier alpha value is -3.06. The first-order valence-corrected chi connectivity index (χ1v) is 12.2. The maximum absolute atomic E-state index is 13.1. The molecule has 0 saturated carbocycles. The Morgan fingerprint density at radius 3 is 2.62 bits per heavy atom. The molecule has 2 atom stereocenters. The van der Waals surface area contributed by atoms with Crippen molar-refractivity contribution in [3.63, 3.8) is 0 Å². The Morgan fingerprint density at radius 2 is 1.91 bits per heavy atom. The average molecular weight is 467 g/mol. The number of hydrogen-bond acceptors (Lipinski definition) is 4. The monoisotopic (exact) mass is 466 g/mol. The average Bonchev–Trinajstić information content (AvgIpc) is 2.86. The zero-order valence-corrected chi connectivity index (χ0v) is 20.8. The van der Waals surface area contributed by atoms with Crippen molar-refractivity contribution in [2.45, 2.75) is 39.7 Å². The summed E-state index contributed by atoms with van der Waals surface area (Å²) in [6, 6.07) is 15.7.